The number of hydrogen-bond donors (Lipinski definition) is 2. The molecule has 2 N–H and O–H groups in total. The molecule has 2 rings (SSSR count). The van der Waals surface area contributed by atoms with Crippen molar-refractivity contribution in [3.63, 3.8) is 0 Å². The summed E-state index contributed by atoms with van der Waals surface area (Å²) in [5.41, 5.74) is 4.83. The van der Waals surface area contributed by atoms with Crippen LogP contribution in [0.3, 0.4) is 0 Å². The summed E-state index contributed by atoms with van der Waals surface area (Å²) < 4.78 is 5.29. The predicted molar refractivity (Wildman–Crippen MR) is 149 cm³/mol. The van der Waals surface area contributed by atoms with Gasteiger partial charge in [-0.25, -0.2) is 4.79 Å². The van der Waals surface area contributed by atoms with Crippen molar-refractivity contribution in [1.82, 2.24) is 10.2 Å². The number of unbranched alkanes of at least 4 members (excludes halogenated alkanes) is 2. The molecule has 1 atom stereocenters. The highest BCUT2D eigenvalue weighted by atomic mass is 16.6. The average molecular weight is 510 g/mol. The SMILES string of the molecule is CCCCCN(C(=O)CNC(=O)OC(C)(C)C)C(C(=O)Nc1c(C)cccc1C)c1ccc(C)c(C)c1. The molecular formula is C30H43N3O4. The van der Waals surface area contributed by atoms with Crippen LogP contribution in [-0.2, 0) is 14.3 Å². The fourth-order valence-electron chi connectivity index (χ4n) is 4.10. The third kappa shape index (κ3) is 8.92. The molecule has 0 fully saturated rings. The number of anilines is 1. The summed E-state index contributed by atoms with van der Waals surface area (Å²) in [7, 11) is 0. The van der Waals surface area contributed by atoms with E-state index in [9.17, 15) is 14.4 Å². The monoisotopic (exact) mass is 509 g/mol. The summed E-state index contributed by atoms with van der Waals surface area (Å²) >= 11 is 0. The number of carbonyl (C=O) groups excluding carboxylic acids is 3. The van der Waals surface area contributed by atoms with E-state index in [0.717, 1.165) is 52.8 Å². The summed E-state index contributed by atoms with van der Waals surface area (Å²) in [6, 6.07) is 10.8. The fourth-order valence-corrected chi connectivity index (χ4v) is 4.10. The van der Waals surface area contributed by atoms with Crippen LogP contribution < -0.4 is 10.6 Å². The molecule has 7 heteroatoms. The van der Waals surface area contributed by atoms with Gasteiger partial charge in [-0.2, -0.15) is 0 Å². The molecule has 0 radical (unpaired) electrons. The molecule has 0 heterocycles. The van der Waals surface area contributed by atoms with Crippen LogP contribution in [-0.4, -0.2) is 41.5 Å². The standard InChI is InChI=1S/C30H43N3O4/c1-9-10-11-17-33(25(34)19-31-29(36)37-30(6,7)8)27(24-16-15-20(2)23(5)18-24)28(35)32-26-21(3)13-12-14-22(26)4/h12-16,18,27H,9-11,17,19H2,1-8H3,(H,31,36)(H,32,35). The van der Waals surface area contributed by atoms with E-state index in [0.29, 0.717) is 6.54 Å². The number of ether oxygens (including phenoxy) is 1. The molecule has 0 saturated carbocycles. The van der Waals surface area contributed by atoms with Gasteiger partial charge in [-0.05, 0) is 82.7 Å². The fraction of sp³-hybridized carbons (Fsp3) is 0.500. The molecule has 7 nitrogen and oxygen atoms in total. The zero-order valence-corrected chi connectivity index (χ0v) is 23.7. The van der Waals surface area contributed by atoms with Crippen molar-refractivity contribution in [3.8, 4) is 0 Å². The van der Waals surface area contributed by atoms with Gasteiger partial charge in [0.1, 0.15) is 18.2 Å². The Morgan fingerprint density at radius 3 is 2.14 bits per heavy atom. The number of benzene rings is 2. The summed E-state index contributed by atoms with van der Waals surface area (Å²) in [5.74, 6) is -0.635. The third-order valence-corrected chi connectivity index (χ3v) is 6.24. The van der Waals surface area contributed by atoms with Gasteiger partial charge in [-0.3, -0.25) is 9.59 Å². The molecule has 0 bridgehead atoms. The van der Waals surface area contributed by atoms with Crippen LogP contribution in [0.15, 0.2) is 36.4 Å². The lowest BCUT2D eigenvalue weighted by Gasteiger charge is -2.32. The Hall–Kier alpha value is -3.35. The van der Waals surface area contributed by atoms with E-state index in [-0.39, 0.29) is 18.4 Å². The number of rotatable bonds is 10. The zero-order valence-electron chi connectivity index (χ0n) is 23.7. The third-order valence-electron chi connectivity index (χ3n) is 6.24. The Morgan fingerprint density at radius 2 is 1.57 bits per heavy atom. The topological polar surface area (TPSA) is 87.7 Å². The Labute approximate surface area is 222 Å². The van der Waals surface area contributed by atoms with Gasteiger partial charge in [-0.15, -0.1) is 0 Å². The maximum Gasteiger partial charge on any atom is 0.408 e. The number of carbonyl (C=O) groups is 3. The molecule has 0 saturated heterocycles. The smallest absolute Gasteiger partial charge is 0.408 e. The average Bonchev–Trinajstić information content (AvgIpc) is 2.80. The van der Waals surface area contributed by atoms with Crippen LogP contribution in [0.5, 0.6) is 0 Å². The maximum atomic E-state index is 13.9. The van der Waals surface area contributed by atoms with Crippen LogP contribution in [0.1, 0.15) is 80.8 Å². The largest absolute Gasteiger partial charge is 0.444 e. The highest BCUT2D eigenvalue weighted by Crippen LogP contribution is 2.28. The molecular weight excluding hydrogens is 466 g/mol. The number of para-hydroxylation sites is 1. The first-order valence-corrected chi connectivity index (χ1v) is 13.0. The summed E-state index contributed by atoms with van der Waals surface area (Å²) in [6.45, 7) is 15.4. The molecule has 202 valence electrons. The highest BCUT2D eigenvalue weighted by Gasteiger charge is 2.32. The van der Waals surface area contributed by atoms with E-state index in [1.807, 2.05) is 64.1 Å². The molecule has 0 aromatic heterocycles. The van der Waals surface area contributed by atoms with E-state index >= 15 is 0 Å². The Kier molecular flexibility index (Phi) is 10.7. The second-order valence-corrected chi connectivity index (χ2v) is 10.7. The lowest BCUT2D eigenvalue weighted by molar-refractivity contribution is -0.138. The maximum absolute atomic E-state index is 13.9. The quantitative estimate of drug-likeness (QED) is 0.376. The van der Waals surface area contributed by atoms with Crippen molar-refractivity contribution in [1.29, 1.82) is 0 Å². The summed E-state index contributed by atoms with van der Waals surface area (Å²) in [6.07, 6.45) is 1.96. The Morgan fingerprint density at radius 1 is 0.919 bits per heavy atom. The number of hydrogen-bond acceptors (Lipinski definition) is 4. The molecule has 0 aliphatic rings. The molecule has 1 unspecified atom stereocenters. The van der Waals surface area contributed by atoms with Crippen molar-refractivity contribution >= 4 is 23.6 Å². The van der Waals surface area contributed by atoms with Crippen LogP contribution in [0, 0.1) is 27.7 Å². The first-order chi connectivity index (χ1) is 17.3. The number of aryl methyl sites for hydroxylation is 4. The van der Waals surface area contributed by atoms with E-state index in [2.05, 4.69) is 17.6 Å². The number of alkyl carbamates (subject to hydrolysis) is 1. The van der Waals surface area contributed by atoms with Crippen LogP contribution >= 0.6 is 0 Å². The van der Waals surface area contributed by atoms with Gasteiger partial charge in [0.15, 0.2) is 0 Å². The van der Waals surface area contributed by atoms with Gasteiger partial charge in [0, 0.05) is 12.2 Å². The van der Waals surface area contributed by atoms with Gasteiger partial charge >= 0.3 is 6.09 Å². The Balaban J connectivity index is 2.45. The van der Waals surface area contributed by atoms with Crippen molar-refractivity contribution in [2.24, 2.45) is 0 Å². The second kappa shape index (κ2) is 13.3. The van der Waals surface area contributed by atoms with Crippen LogP contribution in [0.2, 0.25) is 0 Å². The van der Waals surface area contributed by atoms with Crippen LogP contribution in [0.25, 0.3) is 0 Å². The molecule has 0 aliphatic carbocycles. The molecule has 0 spiro atoms. The molecule has 3 amide bonds. The van der Waals surface area contributed by atoms with Crippen molar-refractivity contribution in [2.75, 3.05) is 18.4 Å². The van der Waals surface area contributed by atoms with E-state index < -0.39 is 17.7 Å². The minimum absolute atomic E-state index is 0.265. The van der Waals surface area contributed by atoms with Crippen molar-refractivity contribution < 1.29 is 19.1 Å². The normalized spacial score (nSPS) is 12.0. The summed E-state index contributed by atoms with van der Waals surface area (Å²) in [4.78, 5) is 41.3. The van der Waals surface area contributed by atoms with E-state index in [4.69, 9.17) is 4.74 Å². The minimum atomic E-state index is -0.858. The van der Waals surface area contributed by atoms with Crippen molar-refractivity contribution in [2.45, 2.75) is 86.3 Å². The zero-order chi connectivity index (χ0) is 27.8. The van der Waals surface area contributed by atoms with Gasteiger partial charge in [0.25, 0.3) is 5.91 Å². The van der Waals surface area contributed by atoms with E-state index in [1.165, 1.54) is 0 Å². The molecule has 2 aromatic rings. The van der Waals surface area contributed by atoms with Crippen LogP contribution in [0.4, 0.5) is 10.5 Å². The van der Waals surface area contributed by atoms with Gasteiger partial charge < -0.3 is 20.3 Å². The molecule has 0 aliphatic heterocycles. The number of amides is 3. The minimum Gasteiger partial charge on any atom is -0.444 e. The second-order valence-electron chi connectivity index (χ2n) is 10.7. The summed E-state index contributed by atoms with van der Waals surface area (Å²) in [5, 5.41) is 5.65. The molecule has 2 aromatic carbocycles. The Bertz CT molecular complexity index is 1080. The van der Waals surface area contributed by atoms with E-state index in [1.54, 1.807) is 25.7 Å². The highest BCUT2D eigenvalue weighted by molar-refractivity contribution is 5.99. The van der Waals surface area contributed by atoms with Gasteiger partial charge in [0.05, 0.1) is 0 Å². The van der Waals surface area contributed by atoms with Crippen molar-refractivity contribution in [3.05, 3.63) is 64.2 Å². The van der Waals surface area contributed by atoms with Gasteiger partial charge in [-0.1, -0.05) is 56.2 Å². The number of nitrogens with one attached hydrogen (secondary N) is 2. The first kappa shape index (κ1) is 29.9. The first-order valence-electron chi connectivity index (χ1n) is 13.0. The molecule has 37 heavy (non-hydrogen) atoms. The number of nitrogens with zero attached hydrogens (tertiary/aromatic N) is 1. The predicted octanol–water partition coefficient (Wildman–Crippen LogP) is 6.14. The lowest BCUT2D eigenvalue weighted by atomic mass is 9.98. The lowest BCUT2D eigenvalue weighted by Crippen LogP contribution is -2.47. The van der Waals surface area contributed by atoms with Gasteiger partial charge in [0.2, 0.25) is 5.91 Å².